The summed E-state index contributed by atoms with van der Waals surface area (Å²) >= 11 is 0. The van der Waals surface area contributed by atoms with Crippen LogP contribution in [-0.4, -0.2) is 30.2 Å². The van der Waals surface area contributed by atoms with Crippen molar-refractivity contribution in [3.63, 3.8) is 0 Å². The van der Waals surface area contributed by atoms with E-state index in [9.17, 15) is 14.9 Å². The van der Waals surface area contributed by atoms with Crippen molar-refractivity contribution in [3.05, 3.63) is 101 Å². The number of carbonyl (C=O) groups is 2. The molecule has 0 aliphatic rings. The van der Waals surface area contributed by atoms with Crippen LogP contribution in [0.4, 0.5) is 5.69 Å². The Morgan fingerprint density at radius 2 is 1.83 bits per heavy atom. The number of esters is 1. The summed E-state index contributed by atoms with van der Waals surface area (Å²) in [6.45, 7) is 2.95. The predicted molar refractivity (Wildman–Crippen MR) is 139 cm³/mol. The Morgan fingerprint density at radius 1 is 1.06 bits per heavy atom. The highest BCUT2D eigenvalue weighted by Gasteiger charge is 2.14. The van der Waals surface area contributed by atoms with E-state index >= 15 is 0 Å². The van der Waals surface area contributed by atoms with E-state index in [2.05, 4.69) is 5.32 Å². The fraction of sp³-hybridized carbons (Fsp3) is 0.138. The molecule has 0 spiro atoms. The minimum Gasteiger partial charge on any atom is -0.494 e. The summed E-state index contributed by atoms with van der Waals surface area (Å²) in [4.78, 5) is 24.8. The van der Waals surface area contributed by atoms with Crippen LogP contribution < -0.4 is 10.1 Å². The Bertz CT molecular complexity index is 1480. The Hall–Kier alpha value is -4.83. The standard InChI is InChI=1S/C29H25N3O4/c1-3-36-25-13-11-24(12-14-25)31-28(33)22(17-30)16-23-19-32(27-10-5-4-9-26(23)27)18-20-7-6-8-21(15-20)29(34)35-2/h4-16,19H,3,18H2,1-2H3,(H,31,33)/b22-16+. The Morgan fingerprint density at radius 3 is 2.56 bits per heavy atom. The lowest BCUT2D eigenvalue weighted by Crippen LogP contribution is -2.13. The lowest BCUT2D eigenvalue weighted by atomic mass is 10.1. The maximum absolute atomic E-state index is 12.8. The molecule has 1 aromatic heterocycles. The molecule has 4 rings (SSSR count). The van der Waals surface area contributed by atoms with Gasteiger partial charge in [-0.15, -0.1) is 0 Å². The second-order valence-corrected chi connectivity index (χ2v) is 8.00. The summed E-state index contributed by atoms with van der Waals surface area (Å²) in [6, 6.07) is 24.0. The van der Waals surface area contributed by atoms with Crippen LogP contribution in [0.3, 0.4) is 0 Å². The molecular formula is C29H25N3O4. The number of nitriles is 1. The lowest BCUT2D eigenvalue weighted by Gasteiger charge is -2.07. The van der Waals surface area contributed by atoms with E-state index in [1.807, 2.05) is 60.2 Å². The third-order valence-corrected chi connectivity index (χ3v) is 5.61. The first-order valence-corrected chi connectivity index (χ1v) is 11.4. The van der Waals surface area contributed by atoms with Crippen molar-refractivity contribution in [3.8, 4) is 11.8 Å². The van der Waals surface area contributed by atoms with Gasteiger partial charge in [-0.05, 0) is 61.0 Å². The van der Waals surface area contributed by atoms with Gasteiger partial charge in [-0.1, -0.05) is 30.3 Å². The third-order valence-electron chi connectivity index (χ3n) is 5.61. The Labute approximate surface area is 209 Å². The monoisotopic (exact) mass is 479 g/mol. The molecule has 36 heavy (non-hydrogen) atoms. The molecule has 0 saturated carbocycles. The molecule has 7 nitrogen and oxygen atoms in total. The number of para-hydroxylation sites is 1. The molecule has 0 unspecified atom stereocenters. The molecule has 0 aliphatic carbocycles. The molecule has 0 fully saturated rings. The predicted octanol–water partition coefficient (Wildman–Crippen LogP) is 5.42. The number of methoxy groups -OCH3 is 1. The molecule has 1 heterocycles. The third kappa shape index (κ3) is 5.45. The zero-order chi connectivity index (χ0) is 25.5. The van der Waals surface area contributed by atoms with E-state index in [1.54, 1.807) is 42.5 Å². The molecule has 4 aromatic rings. The highest BCUT2D eigenvalue weighted by atomic mass is 16.5. The highest BCUT2D eigenvalue weighted by molar-refractivity contribution is 6.10. The zero-order valence-corrected chi connectivity index (χ0v) is 20.0. The summed E-state index contributed by atoms with van der Waals surface area (Å²) in [5, 5.41) is 13.4. The number of ether oxygens (including phenoxy) is 2. The van der Waals surface area contributed by atoms with Crippen LogP contribution in [0.1, 0.15) is 28.4 Å². The van der Waals surface area contributed by atoms with E-state index < -0.39 is 11.9 Å². The molecule has 3 aromatic carbocycles. The smallest absolute Gasteiger partial charge is 0.337 e. The number of nitrogens with zero attached hydrogens (tertiary/aromatic N) is 2. The molecule has 7 heteroatoms. The largest absolute Gasteiger partial charge is 0.494 e. The summed E-state index contributed by atoms with van der Waals surface area (Å²) in [7, 11) is 1.35. The molecule has 0 atom stereocenters. The summed E-state index contributed by atoms with van der Waals surface area (Å²) in [6.07, 6.45) is 3.49. The van der Waals surface area contributed by atoms with Gasteiger partial charge < -0.3 is 19.4 Å². The number of rotatable bonds is 8. The number of amides is 1. The van der Waals surface area contributed by atoms with Crippen LogP contribution in [0, 0.1) is 11.3 Å². The number of carbonyl (C=O) groups excluding carboxylic acids is 2. The van der Waals surface area contributed by atoms with Crippen LogP contribution in [0.5, 0.6) is 5.75 Å². The second-order valence-electron chi connectivity index (χ2n) is 8.00. The fourth-order valence-corrected chi connectivity index (χ4v) is 3.94. The molecule has 1 amide bonds. The van der Waals surface area contributed by atoms with Crippen LogP contribution >= 0.6 is 0 Å². The van der Waals surface area contributed by atoms with Crippen molar-refractivity contribution in [1.29, 1.82) is 5.26 Å². The number of hydrogen-bond donors (Lipinski definition) is 1. The molecule has 0 aliphatic heterocycles. The first-order valence-electron chi connectivity index (χ1n) is 11.4. The van der Waals surface area contributed by atoms with Crippen LogP contribution in [-0.2, 0) is 16.1 Å². The molecule has 0 radical (unpaired) electrons. The number of nitrogens with one attached hydrogen (secondary N) is 1. The molecule has 1 N–H and O–H groups in total. The van der Waals surface area contributed by atoms with Crippen molar-refractivity contribution in [2.45, 2.75) is 13.5 Å². The Kier molecular flexibility index (Phi) is 7.47. The van der Waals surface area contributed by atoms with Gasteiger partial charge in [0.15, 0.2) is 0 Å². The van der Waals surface area contributed by atoms with E-state index in [0.717, 1.165) is 22.0 Å². The minimum atomic E-state index is -0.496. The van der Waals surface area contributed by atoms with Crippen LogP contribution in [0.15, 0.2) is 84.6 Å². The van der Waals surface area contributed by atoms with Crippen LogP contribution in [0.25, 0.3) is 17.0 Å². The second kappa shape index (κ2) is 11.1. The van der Waals surface area contributed by atoms with Gasteiger partial charge in [0, 0.05) is 34.9 Å². The molecule has 0 saturated heterocycles. The normalized spacial score (nSPS) is 11.1. The Balaban J connectivity index is 1.62. The maximum Gasteiger partial charge on any atom is 0.337 e. The summed E-state index contributed by atoms with van der Waals surface area (Å²) < 4.78 is 12.3. The van der Waals surface area contributed by atoms with E-state index in [0.29, 0.717) is 30.2 Å². The van der Waals surface area contributed by atoms with Crippen molar-refractivity contribution in [1.82, 2.24) is 4.57 Å². The van der Waals surface area contributed by atoms with Gasteiger partial charge in [-0.3, -0.25) is 4.79 Å². The van der Waals surface area contributed by atoms with E-state index in [-0.39, 0.29) is 5.57 Å². The number of benzene rings is 3. The average Bonchev–Trinajstić information content (AvgIpc) is 3.25. The molecule has 0 bridgehead atoms. The SMILES string of the molecule is CCOc1ccc(NC(=O)/C(C#N)=C/c2cn(Cc3cccc(C(=O)OC)c3)c3ccccc23)cc1. The highest BCUT2D eigenvalue weighted by Crippen LogP contribution is 2.25. The topological polar surface area (TPSA) is 93.4 Å². The van der Waals surface area contributed by atoms with Gasteiger partial charge in [-0.2, -0.15) is 5.26 Å². The summed E-state index contributed by atoms with van der Waals surface area (Å²) in [5.74, 6) is -0.184. The van der Waals surface area contributed by atoms with Gasteiger partial charge in [0.25, 0.3) is 5.91 Å². The van der Waals surface area contributed by atoms with E-state index in [1.165, 1.54) is 7.11 Å². The average molecular weight is 480 g/mol. The summed E-state index contributed by atoms with van der Waals surface area (Å²) in [5.41, 5.74) is 3.63. The van der Waals surface area contributed by atoms with Gasteiger partial charge >= 0.3 is 5.97 Å². The first-order chi connectivity index (χ1) is 17.5. The fourth-order valence-electron chi connectivity index (χ4n) is 3.94. The quantitative estimate of drug-likeness (QED) is 0.207. The van der Waals surface area contributed by atoms with E-state index in [4.69, 9.17) is 9.47 Å². The first kappa shape index (κ1) is 24.3. The number of anilines is 1. The number of hydrogen-bond acceptors (Lipinski definition) is 5. The molecular weight excluding hydrogens is 454 g/mol. The zero-order valence-electron chi connectivity index (χ0n) is 20.0. The van der Waals surface area contributed by atoms with Crippen LogP contribution in [0.2, 0.25) is 0 Å². The van der Waals surface area contributed by atoms with Gasteiger partial charge in [0.1, 0.15) is 17.4 Å². The van der Waals surface area contributed by atoms with Crippen molar-refractivity contribution in [2.24, 2.45) is 0 Å². The molecule has 180 valence electrons. The van der Waals surface area contributed by atoms with Gasteiger partial charge in [0.2, 0.25) is 0 Å². The van der Waals surface area contributed by atoms with Crippen molar-refractivity contribution in [2.75, 3.05) is 19.0 Å². The van der Waals surface area contributed by atoms with Crippen molar-refractivity contribution >= 4 is 34.5 Å². The minimum absolute atomic E-state index is 0.0144. The van der Waals surface area contributed by atoms with Gasteiger partial charge in [-0.25, -0.2) is 4.79 Å². The van der Waals surface area contributed by atoms with Crippen molar-refractivity contribution < 1.29 is 19.1 Å². The van der Waals surface area contributed by atoms with Gasteiger partial charge in [0.05, 0.1) is 19.3 Å². The number of fused-ring (bicyclic) bond motifs is 1. The number of aromatic nitrogens is 1. The lowest BCUT2D eigenvalue weighted by molar-refractivity contribution is -0.112. The maximum atomic E-state index is 12.8.